The Morgan fingerprint density at radius 3 is 2.33 bits per heavy atom. The summed E-state index contributed by atoms with van der Waals surface area (Å²) < 4.78 is 0. The minimum absolute atomic E-state index is 0.622. The molecule has 1 fully saturated rings. The number of nitrogens with zero attached hydrogens (tertiary/aromatic N) is 5. The lowest BCUT2D eigenvalue weighted by Crippen LogP contribution is -2.29. The minimum atomic E-state index is 0.622. The zero-order valence-corrected chi connectivity index (χ0v) is 13.4. The lowest BCUT2D eigenvalue weighted by atomic mass is 10.4. The van der Waals surface area contributed by atoms with Crippen molar-refractivity contribution in [3.63, 3.8) is 0 Å². The number of aromatic nitrogens is 3. The van der Waals surface area contributed by atoms with E-state index in [0.29, 0.717) is 11.9 Å². The van der Waals surface area contributed by atoms with Gasteiger partial charge in [0.05, 0.1) is 0 Å². The summed E-state index contributed by atoms with van der Waals surface area (Å²) in [4.78, 5) is 18.0. The predicted molar refractivity (Wildman–Crippen MR) is 87.1 cm³/mol. The van der Waals surface area contributed by atoms with Gasteiger partial charge in [0.25, 0.3) is 0 Å². The molecule has 0 aromatic carbocycles. The first-order chi connectivity index (χ1) is 10.3. The molecular formula is C14H27N7. The molecule has 118 valence electrons. The maximum Gasteiger partial charge on any atom is 0.231 e. The van der Waals surface area contributed by atoms with Crippen molar-refractivity contribution in [1.29, 1.82) is 0 Å². The van der Waals surface area contributed by atoms with Crippen LogP contribution in [0.25, 0.3) is 0 Å². The van der Waals surface area contributed by atoms with Gasteiger partial charge in [-0.15, -0.1) is 0 Å². The maximum atomic E-state index is 4.55. The molecule has 0 saturated carbocycles. The lowest BCUT2D eigenvalue weighted by Gasteiger charge is -2.19. The molecule has 1 aromatic rings. The zero-order chi connectivity index (χ0) is 15.1. The Morgan fingerprint density at radius 1 is 1.05 bits per heavy atom. The average molecular weight is 293 g/mol. The molecule has 0 radical (unpaired) electrons. The number of anilines is 3. The third-order valence-corrected chi connectivity index (χ3v) is 3.84. The van der Waals surface area contributed by atoms with Crippen LogP contribution < -0.4 is 15.5 Å². The fourth-order valence-electron chi connectivity index (χ4n) is 2.48. The molecular weight excluding hydrogens is 266 g/mol. The summed E-state index contributed by atoms with van der Waals surface area (Å²) in [6.07, 6.45) is 2.43. The van der Waals surface area contributed by atoms with Gasteiger partial charge in [0.15, 0.2) is 0 Å². The molecule has 0 atom stereocenters. The SMILES string of the molecule is CCN(CC)CCNc1nc(NC)nc(N2CCCC2)n1. The zero-order valence-electron chi connectivity index (χ0n) is 13.4. The van der Waals surface area contributed by atoms with E-state index in [4.69, 9.17) is 0 Å². The summed E-state index contributed by atoms with van der Waals surface area (Å²) in [6, 6.07) is 0. The molecule has 21 heavy (non-hydrogen) atoms. The summed E-state index contributed by atoms with van der Waals surface area (Å²) in [5, 5.41) is 6.33. The highest BCUT2D eigenvalue weighted by Crippen LogP contribution is 2.18. The van der Waals surface area contributed by atoms with Crippen LogP contribution in [-0.4, -0.2) is 66.2 Å². The van der Waals surface area contributed by atoms with Gasteiger partial charge in [0, 0.05) is 33.2 Å². The van der Waals surface area contributed by atoms with Crippen LogP contribution >= 0.6 is 0 Å². The van der Waals surface area contributed by atoms with Crippen molar-refractivity contribution >= 4 is 17.8 Å². The summed E-state index contributed by atoms with van der Waals surface area (Å²) in [5.74, 6) is 2.05. The number of hydrogen-bond donors (Lipinski definition) is 2. The maximum absolute atomic E-state index is 4.55. The molecule has 0 unspecified atom stereocenters. The van der Waals surface area contributed by atoms with Crippen LogP contribution in [0.15, 0.2) is 0 Å². The minimum Gasteiger partial charge on any atom is -0.357 e. The third-order valence-electron chi connectivity index (χ3n) is 3.84. The number of hydrogen-bond acceptors (Lipinski definition) is 7. The van der Waals surface area contributed by atoms with Crippen molar-refractivity contribution in [1.82, 2.24) is 19.9 Å². The van der Waals surface area contributed by atoms with Crippen LogP contribution in [0.4, 0.5) is 17.8 Å². The van der Waals surface area contributed by atoms with Gasteiger partial charge in [-0.25, -0.2) is 0 Å². The van der Waals surface area contributed by atoms with E-state index in [2.05, 4.69) is 49.2 Å². The second-order valence-corrected chi connectivity index (χ2v) is 5.18. The van der Waals surface area contributed by atoms with Gasteiger partial charge in [-0.05, 0) is 25.9 Å². The highest BCUT2D eigenvalue weighted by Gasteiger charge is 2.17. The summed E-state index contributed by atoms with van der Waals surface area (Å²) in [5.41, 5.74) is 0. The van der Waals surface area contributed by atoms with Gasteiger partial charge in [-0.1, -0.05) is 13.8 Å². The van der Waals surface area contributed by atoms with E-state index in [1.807, 2.05) is 7.05 Å². The van der Waals surface area contributed by atoms with Gasteiger partial charge in [-0.2, -0.15) is 15.0 Å². The van der Waals surface area contributed by atoms with E-state index in [1.165, 1.54) is 12.8 Å². The first kappa shape index (κ1) is 15.8. The highest BCUT2D eigenvalue weighted by molar-refractivity contribution is 5.44. The van der Waals surface area contributed by atoms with Crippen LogP contribution in [0.1, 0.15) is 26.7 Å². The van der Waals surface area contributed by atoms with E-state index < -0.39 is 0 Å². The number of likely N-dealkylation sites (N-methyl/N-ethyl adjacent to an activating group) is 1. The Balaban J connectivity index is 1.99. The lowest BCUT2D eigenvalue weighted by molar-refractivity contribution is 0.316. The Morgan fingerprint density at radius 2 is 1.71 bits per heavy atom. The molecule has 2 rings (SSSR count). The molecule has 1 aliphatic rings. The molecule has 7 nitrogen and oxygen atoms in total. The van der Waals surface area contributed by atoms with Crippen LogP contribution in [0.2, 0.25) is 0 Å². The van der Waals surface area contributed by atoms with Crippen LogP contribution in [-0.2, 0) is 0 Å². The van der Waals surface area contributed by atoms with Crippen LogP contribution in [0, 0.1) is 0 Å². The Labute approximate surface area is 127 Å². The molecule has 1 saturated heterocycles. The molecule has 0 spiro atoms. The molecule has 0 bridgehead atoms. The molecule has 2 N–H and O–H groups in total. The standard InChI is InChI=1S/C14H27N7/c1-4-20(5-2)11-8-16-13-17-12(15-3)18-14(19-13)21-9-6-7-10-21/h4-11H2,1-3H3,(H2,15,16,17,18,19). The quantitative estimate of drug-likeness (QED) is 0.748. The van der Waals surface area contributed by atoms with E-state index in [1.54, 1.807) is 0 Å². The topological polar surface area (TPSA) is 69.2 Å². The molecule has 0 amide bonds. The van der Waals surface area contributed by atoms with Crippen molar-refractivity contribution in [2.75, 3.05) is 61.8 Å². The van der Waals surface area contributed by atoms with Crippen molar-refractivity contribution < 1.29 is 0 Å². The smallest absolute Gasteiger partial charge is 0.231 e. The van der Waals surface area contributed by atoms with Crippen molar-refractivity contribution in [2.24, 2.45) is 0 Å². The molecule has 2 heterocycles. The summed E-state index contributed by atoms with van der Waals surface area (Å²) in [7, 11) is 1.84. The first-order valence-electron chi connectivity index (χ1n) is 7.91. The molecule has 0 aliphatic carbocycles. The fraction of sp³-hybridized carbons (Fsp3) is 0.786. The van der Waals surface area contributed by atoms with E-state index in [9.17, 15) is 0 Å². The largest absolute Gasteiger partial charge is 0.357 e. The summed E-state index contributed by atoms with van der Waals surface area (Å²) >= 11 is 0. The molecule has 7 heteroatoms. The van der Waals surface area contributed by atoms with E-state index in [-0.39, 0.29) is 0 Å². The number of rotatable bonds is 8. The normalized spacial score (nSPS) is 14.8. The van der Waals surface area contributed by atoms with Crippen molar-refractivity contribution in [3.05, 3.63) is 0 Å². The second kappa shape index (κ2) is 7.97. The average Bonchev–Trinajstić information content (AvgIpc) is 3.05. The Hall–Kier alpha value is -1.63. The predicted octanol–water partition coefficient (Wildman–Crippen LogP) is 1.27. The van der Waals surface area contributed by atoms with E-state index in [0.717, 1.165) is 45.2 Å². The second-order valence-electron chi connectivity index (χ2n) is 5.18. The Kier molecular flexibility index (Phi) is 5.98. The highest BCUT2D eigenvalue weighted by atomic mass is 15.3. The Bertz CT molecular complexity index is 427. The van der Waals surface area contributed by atoms with Gasteiger partial charge >= 0.3 is 0 Å². The van der Waals surface area contributed by atoms with Gasteiger partial charge in [0.1, 0.15) is 0 Å². The van der Waals surface area contributed by atoms with Crippen LogP contribution in [0.5, 0.6) is 0 Å². The van der Waals surface area contributed by atoms with Gasteiger partial charge in [-0.3, -0.25) is 0 Å². The monoisotopic (exact) mass is 293 g/mol. The third kappa shape index (κ3) is 4.42. The van der Waals surface area contributed by atoms with Gasteiger partial charge < -0.3 is 20.4 Å². The van der Waals surface area contributed by atoms with Crippen LogP contribution in [0.3, 0.4) is 0 Å². The first-order valence-corrected chi connectivity index (χ1v) is 7.91. The van der Waals surface area contributed by atoms with Crippen molar-refractivity contribution in [3.8, 4) is 0 Å². The number of nitrogens with one attached hydrogen (secondary N) is 2. The van der Waals surface area contributed by atoms with Crippen molar-refractivity contribution in [2.45, 2.75) is 26.7 Å². The van der Waals surface area contributed by atoms with Gasteiger partial charge in [0.2, 0.25) is 17.8 Å². The fourth-order valence-corrected chi connectivity index (χ4v) is 2.48. The summed E-state index contributed by atoms with van der Waals surface area (Å²) in [6.45, 7) is 10.4. The van der Waals surface area contributed by atoms with E-state index >= 15 is 0 Å². The molecule has 1 aliphatic heterocycles. The molecule has 1 aromatic heterocycles.